The molecular formula is C30H28ClF3N4O5. The zero-order chi connectivity index (χ0) is 31.3. The number of ether oxygens (including phenoxy) is 2. The highest BCUT2D eigenvalue weighted by molar-refractivity contribution is 6.34. The number of nitrogens with zero attached hydrogens (tertiary/aromatic N) is 3. The lowest BCUT2D eigenvalue weighted by Crippen LogP contribution is -2.35. The van der Waals surface area contributed by atoms with Gasteiger partial charge in [-0.1, -0.05) is 23.7 Å². The minimum atomic E-state index is -4.76. The minimum absolute atomic E-state index is 0.00879. The summed E-state index contributed by atoms with van der Waals surface area (Å²) in [6.07, 6.45) is -2.08. The first-order valence-corrected chi connectivity index (χ1v) is 13.6. The number of para-hydroxylation sites is 2. The standard InChI is InChI=1S/C30H28ClF3N4O5/c1-38(23-7-3-4-8-24(23)42-2)28(39)20-13-19(21-16-37-26(30(32,33)34)12-18(21)15-35)22(31)14-25(20)43-11-5-6-17-9-10-36-27(17)29(40)41/h3-4,7-8,12-14,16-17,27,36H,5-6,9-11H2,1-2H3,(H,40,41). The van der Waals surface area contributed by atoms with Gasteiger partial charge in [0.05, 0.1) is 41.6 Å². The second-order valence-corrected chi connectivity index (χ2v) is 10.3. The summed E-state index contributed by atoms with van der Waals surface area (Å²) in [5.74, 6) is -0.985. The van der Waals surface area contributed by atoms with E-state index in [0.717, 1.165) is 6.20 Å². The van der Waals surface area contributed by atoms with Crippen LogP contribution in [-0.2, 0) is 11.0 Å². The molecule has 9 nitrogen and oxygen atoms in total. The van der Waals surface area contributed by atoms with Crippen LogP contribution in [0.1, 0.15) is 40.9 Å². The molecule has 0 bridgehead atoms. The van der Waals surface area contributed by atoms with Gasteiger partial charge in [-0.3, -0.25) is 14.6 Å². The van der Waals surface area contributed by atoms with Crippen LogP contribution in [0.25, 0.3) is 11.1 Å². The minimum Gasteiger partial charge on any atom is -0.495 e. The lowest BCUT2D eigenvalue weighted by molar-refractivity contribution is -0.141. The average Bonchev–Trinajstić information content (AvgIpc) is 3.47. The Morgan fingerprint density at radius 1 is 1.21 bits per heavy atom. The molecule has 226 valence electrons. The van der Waals surface area contributed by atoms with Crippen molar-refractivity contribution in [1.29, 1.82) is 5.26 Å². The van der Waals surface area contributed by atoms with Crippen molar-refractivity contribution in [3.05, 3.63) is 70.5 Å². The van der Waals surface area contributed by atoms with E-state index in [9.17, 15) is 33.1 Å². The first-order chi connectivity index (χ1) is 20.5. The Morgan fingerprint density at radius 3 is 2.63 bits per heavy atom. The molecule has 0 spiro atoms. The summed E-state index contributed by atoms with van der Waals surface area (Å²) in [6.45, 7) is 0.749. The van der Waals surface area contributed by atoms with Crippen molar-refractivity contribution in [2.45, 2.75) is 31.5 Å². The number of amides is 1. The van der Waals surface area contributed by atoms with Gasteiger partial charge < -0.3 is 24.8 Å². The van der Waals surface area contributed by atoms with Crippen molar-refractivity contribution >= 4 is 29.2 Å². The molecule has 1 fully saturated rings. The van der Waals surface area contributed by atoms with Gasteiger partial charge in [0.15, 0.2) is 0 Å². The Bertz CT molecular complexity index is 1560. The number of pyridine rings is 1. The third kappa shape index (κ3) is 7.01. The summed E-state index contributed by atoms with van der Waals surface area (Å²) >= 11 is 6.56. The SMILES string of the molecule is COc1ccccc1N(C)C(=O)c1cc(-c2cnc(C(F)(F)F)cc2C#N)c(Cl)cc1OCCCC1CCNC1C(=O)O. The molecule has 1 aromatic heterocycles. The lowest BCUT2D eigenvalue weighted by Gasteiger charge is -2.22. The Morgan fingerprint density at radius 2 is 1.95 bits per heavy atom. The highest BCUT2D eigenvalue weighted by Crippen LogP contribution is 2.39. The van der Waals surface area contributed by atoms with Crippen LogP contribution in [0.15, 0.2) is 48.7 Å². The first-order valence-electron chi connectivity index (χ1n) is 13.3. The van der Waals surface area contributed by atoms with E-state index >= 15 is 0 Å². The van der Waals surface area contributed by atoms with Crippen molar-refractivity contribution in [1.82, 2.24) is 10.3 Å². The maximum atomic E-state index is 13.9. The number of methoxy groups -OCH3 is 1. The summed E-state index contributed by atoms with van der Waals surface area (Å²) in [5.41, 5.74) is -0.965. The molecular weight excluding hydrogens is 589 g/mol. The summed E-state index contributed by atoms with van der Waals surface area (Å²) in [4.78, 5) is 30.1. The molecule has 0 radical (unpaired) electrons. The highest BCUT2D eigenvalue weighted by atomic mass is 35.5. The summed E-state index contributed by atoms with van der Waals surface area (Å²) in [7, 11) is 2.99. The van der Waals surface area contributed by atoms with E-state index in [1.807, 2.05) is 0 Å². The number of aromatic nitrogens is 1. The monoisotopic (exact) mass is 616 g/mol. The topological polar surface area (TPSA) is 125 Å². The number of hydrogen-bond acceptors (Lipinski definition) is 7. The van der Waals surface area contributed by atoms with E-state index in [1.165, 1.54) is 31.2 Å². The van der Waals surface area contributed by atoms with Gasteiger partial charge in [-0.2, -0.15) is 18.4 Å². The number of rotatable bonds is 10. The smallest absolute Gasteiger partial charge is 0.433 e. The molecule has 13 heteroatoms. The molecule has 2 N–H and O–H groups in total. The molecule has 2 aromatic carbocycles. The molecule has 2 heterocycles. The number of hydrogen-bond donors (Lipinski definition) is 2. The number of alkyl halides is 3. The molecule has 1 aliphatic heterocycles. The fourth-order valence-corrected chi connectivity index (χ4v) is 5.30. The number of benzene rings is 2. The van der Waals surface area contributed by atoms with Crippen LogP contribution in [0.2, 0.25) is 5.02 Å². The van der Waals surface area contributed by atoms with Gasteiger partial charge in [0, 0.05) is 30.4 Å². The van der Waals surface area contributed by atoms with Crippen molar-refractivity contribution < 1.29 is 37.3 Å². The van der Waals surface area contributed by atoms with E-state index in [0.29, 0.717) is 43.3 Å². The summed E-state index contributed by atoms with van der Waals surface area (Å²) < 4.78 is 51.1. The van der Waals surface area contributed by atoms with E-state index in [1.54, 1.807) is 30.3 Å². The zero-order valence-corrected chi connectivity index (χ0v) is 24.0. The Balaban J connectivity index is 1.70. The molecule has 1 saturated heterocycles. The maximum Gasteiger partial charge on any atom is 0.433 e. The largest absolute Gasteiger partial charge is 0.495 e. The van der Waals surface area contributed by atoms with Crippen LogP contribution in [0, 0.1) is 17.2 Å². The lowest BCUT2D eigenvalue weighted by atomic mass is 9.95. The van der Waals surface area contributed by atoms with Crippen molar-refractivity contribution in [2.24, 2.45) is 5.92 Å². The average molecular weight is 617 g/mol. The molecule has 43 heavy (non-hydrogen) atoms. The third-order valence-electron chi connectivity index (χ3n) is 7.25. The predicted molar refractivity (Wildman–Crippen MR) is 152 cm³/mol. The quantitative estimate of drug-likeness (QED) is 0.274. The zero-order valence-electron chi connectivity index (χ0n) is 23.2. The third-order valence-corrected chi connectivity index (χ3v) is 7.56. The van der Waals surface area contributed by atoms with Gasteiger partial charge in [0.2, 0.25) is 0 Å². The molecule has 1 aliphatic rings. The number of carbonyl (C=O) groups is 2. The van der Waals surface area contributed by atoms with Gasteiger partial charge >= 0.3 is 12.1 Å². The molecule has 2 atom stereocenters. The van der Waals surface area contributed by atoms with Gasteiger partial charge in [-0.25, -0.2) is 0 Å². The molecule has 2 unspecified atom stereocenters. The predicted octanol–water partition coefficient (Wildman–Crippen LogP) is 5.80. The van der Waals surface area contributed by atoms with E-state index in [2.05, 4.69) is 10.3 Å². The van der Waals surface area contributed by atoms with Crippen LogP contribution in [0.5, 0.6) is 11.5 Å². The Kier molecular flexibility index (Phi) is 9.78. The van der Waals surface area contributed by atoms with Gasteiger partial charge in [-0.05, 0) is 56.0 Å². The Labute approximate surface area is 250 Å². The molecule has 3 aromatic rings. The molecule has 4 rings (SSSR count). The normalized spacial score (nSPS) is 16.4. The van der Waals surface area contributed by atoms with Crippen molar-refractivity contribution in [3.63, 3.8) is 0 Å². The number of carboxylic acids is 1. The summed E-state index contributed by atoms with van der Waals surface area (Å²) in [5, 5.41) is 22.0. The molecule has 0 saturated carbocycles. The number of nitrogens with one attached hydrogen (secondary N) is 1. The second kappa shape index (κ2) is 13.3. The number of aliphatic carboxylic acids is 1. The van der Waals surface area contributed by atoms with E-state index < -0.39 is 29.8 Å². The summed E-state index contributed by atoms with van der Waals surface area (Å²) in [6, 6.07) is 11.3. The van der Waals surface area contributed by atoms with Crippen LogP contribution in [0.3, 0.4) is 0 Å². The van der Waals surface area contributed by atoms with Crippen LogP contribution < -0.4 is 19.7 Å². The van der Waals surface area contributed by atoms with Gasteiger partial charge in [0.1, 0.15) is 23.2 Å². The van der Waals surface area contributed by atoms with Gasteiger partial charge in [-0.15, -0.1) is 0 Å². The fourth-order valence-electron chi connectivity index (χ4n) is 5.05. The second-order valence-electron chi connectivity index (χ2n) is 9.90. The molecule has 1 amide bonds. The number of nitriles is 1. The molecule has 0 aliphatic carbocycles. The Hall–Kier alpha value is -4.34. The van der Waals surface area contributed by atoms with Crippen LogP contribution in [0.4, 0.5) is 18.9 Å². The first kappa shape index (κ1) is 31.6. The number of anilines is 1. The van der Waals surface area contributed by atoms with E-state index in [4.69, 9.17) is 21.1 Å². The van der Waals surface area contributed by atoms with Crippen LogP contribution >= 0.6 is 11.6 Å². The van der Waals surface area contributed by atoms with E-state index in [-0.39, 0.29) is 45.6 Å². The fraction of sp³-hybridized carbons (Fsp3) is 0.333. The van der Waals surface area contributed by atoms with Crippen molar-refractivity contribution in [2.75, 3.05) is 32.2 Å². The van der Waals surface area contributed by atoms with Crippen molar-refractivity contribution in [3.8, 4) is 28.7 Å². The van der Waals surface area contributed by atoms with Crippen LogP contribution in [-0.4, -0.2) is 55.3 Å². The van der Waals surface area contributed by atoms with Gasteiger partial charge in [0.25, 0.3) is 5.91 Å². The number of carbonyl (C=O) groups excluding carboxylic acids is 1. The maximum absolute atomic E-state index is 13.9. The number of carboxylic acid groups (broad SMARTS) is 1. The number of halogens is 4. The highest BCUT2D eigenvalue weighted by Gasteiger charge is 2.34.